The minimum atomic E-state index is -4.62. The maximum atomic E-state index is 14.2. The molecule has 5 rings (SSSR count). The van der Waals surface area contributed by atoms with Crippen molar-refractivity contribution in [3.63, 3.8) is 0 Å². The number of pyridine rings is 2. The number of nitrogens with one attached hydrogen (secondary N) is 2. The van der Waals surface area contributed by atoms with Crippen LogP contribution < -0.4 is 20.1 Å². The van der Waals surface area contributed by atoms with Gasteiger partial charge in [-0.15, -0.1) is 0 Å². The molecule has 1 aliphatic rings. The van der Waals surface area contributed by atoms with Gasteiger partial charge in [-0.3, -0.25) is 14.6 Å². The number of nitrogens with zero attached hydrogens (tertiary/aromatic N) is 3. The number of ether oxygens (including phenoxy) is 2. The van der Waals surface area contributed by atoms with Crippen LogP contribution in [0.15, 0.2) is 72.0 Å². The molecule has 0 bridgehead atoms. The molecule has 3 heterocycles. The Hall–Kier alpha value is -4.75. The molecule has 2 amide bonds. The van der Waals surface area contributed by atoms with Gasteiger partial charge in [0, 0.05) is 22.3 Å². The molecule has 0 saturated carbocycles. The standard InChI is InChI=1S/C29H19Cl2F4N5O4/c1-43-21-9-15(30)8-19(31)23(21)24-17-4-2-3-5-20(17)38-27(42)25(39-24)40-26(41)18-10-16(32)12-37-28(18)44-13-14-6-7-22(36-11-14)29(33,34)35/h2-12,25H,13H2,1H3,(H,38,42)(H,40,41). The number of aromatic nitrogens is 2. The van der Waals surface area contributed by atoms with Crippen molar-refractivity contribution in [2.24, 2.45) is 4.99 Å². The van der Waals surface area contributed by atoms with Crippen LogP contribution in [0.5, 0.6) is 11.6 Å². The van der Waals surface area contributed by atoms with Crippen LogP contribution in [-0.2, 0) is 17.6 Å². The number of carbonyl (C=O) groups is 2. The predicted molar refractivity (Wildman–Crippen MR) is 153 cm³/mol. The van der Waals surface area contributed by atoms with E-state index in [1.54, 1.807) is 24.3 Å². The molecule has 0 aliphatic carbocycles. The number of halogens is 6. The van der Waals surface area contributed by atoms with E-state index in [-0.39, 0.29) is 39.6 Å². The van der Waals surface area contributed by atoms with E-state index in [2.05, 4.69) is 25.6 Å². The summed E-state index contributed by atoms with van der Waals surface area (Å²) in [4.78, 5) is 38.3. The van der Waals surface area contributed by atoms with Gasteiger partial charge in [-0.25, -0.2) is 14.4 Å². The molecular formula is C29H19Cl2F4N5O4. The van der Waals surface area contributed by atoms with E-state index in [0.717, 1.165) is 30.6 Å². The van der Waals surface area contributed by atoms with E-state index in [1.807, 2.05) is 0 Å². The predicted octanol–water partition coefficient (Wildman–Crippen LogP) is 6.07. The van der Waals surface area contributed by atoms with Gasteiger partial charge in [-0.2, -0.15) is 13.2 Å². The first-order valence-corrected chi connectivity index (χ1v) is 13.3. The Kier molecular flexibility index (Phi) is 8.70. The average molecular weight is 648 g/mol. The number of amides is 2. The van der Waals surface area contributed by atoms with Gasteiger partial charge in [0.1, 0.15) is 29.4 Å². The van der Waals surface area contributed by atoms with E-state index in [4.69, 9.17) is 32.7 Å². The van der Waals surface area contributed by atoms with E-state index in [1.165, 1.54) is 19.2 Å². The molecule has 0 spiro atoms. The summed E-state index contributed by atoms with van der Waals surface area (Å²) in [5, 5.41) is 5.59. The smallest absolute Gasteiger partial charge is 0.433 e. The van der Waals surface area contributed by atoms with Crippen LogP contribution in [0.1, 0.15) is 32.7 Å². The lowest BCUT2D eigenvalue weighted by Crippen LogP contribution is -2.42. The highest BCUT2D eigenvalue weighted by molar-refractivity contribution is 6.39. The van der Waals surface area contributed by atoms with Gasteiger partial charge in [0.05, 0.1) is 35.3 Å². The fraction of sp³-hybridized carbons (Fsp3) is 0.138. The van der Waals surface area contributed by atoms with E-state index in [9.17, 15) is 27.2 Å². The second kappa shape index (κ2) is 12.5. The van der Waals surface area contributed by atoms with Gasteiger partial charge in [-0.1, -0.05) is 47.5 Å². The molecule has 0 fully saturated rings. The highest BCUT2D eigenvalue weighted by Crippen LogP contribution is 2.36. The third-order valence-corrected chi connectivity index (χ3v) is 6.76. The van der Waals surface area contributed by atoms with E-state index < -0.39 is 41.2 Å². The molecule has 4 aromatic rings. The summed E-state index contributed by atoms with van der Waals surface area (Å²) < 4.78 is 63.7. The van der Waals surface area contributed by atoms with Crippen LogP contribution in [0.2, 0.25) is 10.0 Å². The number of alkyl halides is 3. The lowest BCUT2D eigenvalue weighted by Gasteiger charge is -2.17. The van der Waals surface area contributed by atoms with Crippen LogP contribution in [0.25, 0.3) is 0 Å². The van der Waals surface area contributed by atoms with Crippen LogP contribution >= 0.6 is 23.2 Å². The van der Waals surface area contributed by atoms with Crippen molar-refractivity contribution in [1.29, 1.82) is 0 Å². The molecule has 1 unspecified atom stereocenters. The Bertz CT molecular complexity index is 1790. The van der Waals surface area contributed by atoms with Crippen molar-refractivity contribution in [1.82, 2.24) is 15.3 Å². The van der Waals surface area contributed by atoms with Gasteiger partial charge in [-0.05, 0) is 30.3 Å². The number of rotatable bonds is 7. The summed E-state index contributed by atoms with van der Waals surface area (Å²) in [6.45, 7) is -0.347. The fourth-order valence-electron chi connectivity index (χ4n) is 4.23. The topological polar surface area (TPSA) is 115 Å². The molecule has 15 heteroatoms. The minimum Gasteiger partial charge on any atom is -0.496 e. The van der Waals surface area contributed by atoms with Crippen molar-refractivity contribution in [3.8, 4) is 11.6 Å². The monoisotopic (exact) mass is 647 g/mol. The van der Waals surface area contributed by atoms with Crippen molar-refractivity contribution in [2.75, 3.05) is 12.4 Å². The number of carbonyl (C=O) groups excluding carboxylic acids is 2. The lowest BCUT2D eigenvalue weighted by atomic mass is 9.99. The van der Waals surface area contributed by atoms with Crippen molar-refractivity contribution in [3.05, 3.63) is 111 Å². The van der Waals surface area contributed by atoms with Crippen LogP contribution in [0.4, 0.5) is 23.2 Å². The van der Waals surface area contributed by atoms with Gasteiger partial charge >= 0.3 is 6.18 Å². The quantitative estimate of drug-likeness (QED) is 0.235. The van der Waals surface area contributed by atoms with Crippen molar-refractivity contribution in [2.45, 2.75) is 18.9 Å². The summed E-state index contributed by atoms with van der Waals surface area (Å²) in [6.07, 6.45) is -4.44. The molecule has 2 aromatic heterocycles. The number of hydrogen-bond donors (Lipinski definition) is 2. The zero-order valence-electron chi connectivity index (χ0n) is 22.4. The summed E-state index contributed by atoms with van der Waals surface area (Å²) in [7, 11) is 1.40. The molecule has 0 radical (unpaired) electrons. The summed E-state index contributed by atoms with van der Waals surface area (Å²) in [6, 6.07) is 12.4. The molecule has 9 nitrogen and oxygen atoms in total. The normalized spacial score (nSPS) is 14.6. The van der Waals surface area contributed by atoms with Crippen LogP contribution in [0, 0.1) is 5.82 Å². The summed E-state index contributed by atoms with van der Waals surface area (Å²) >= 11 is 12.7. The first kappa shape index (κ1) is 30.7. The maximum absolute atomic E-state index is 14.2. The molecule has 226 valence electrons. The summed E-state index contributed by atoms with van der Waals surface area (Å²) in [5.41, 5.74) is 0.0272. The Morgan fingerprint density at radius 2 is 1.84 bits per heavy atom. The Morgan fingerprint density at radius 3 is 2.55 bits per heavy atom. The van der Waals surface area contributed by atoms with Crippen molar-refractivity contribution < 1.29 is 36.6 Å². The molecule has 1 aliphatic heterocycles. The number of benzodiazepines with no additional fused rings is 1. The number of aliphatic imine (C=N–C) groups is 1. The van der Waals surface area contributed by atoms with Gasteiger partial charge in [0.2, 0.25) is 12.0 Å². The van der Waals surface area contributed by atoms with Crippen LogP contribution in [-0.4, -0.2) is 40.8 Å². The Balaban J connectivity index is 1.47. The third kappa shape index (κ3) is 6.58. The molecule has 2 aromatic carbocycles. The first-order chi connectivity index (χ1) is 20.9. The number of para-hydroxylation sites is 1. The number of benzene rings is 2. The lowest BCUT2D eigenvalue weighted by molar-refractivity contribution is -0.141. The average Bonchev–Trinajstić information content (AvgIpc) is 3.11. The van der Waals surface area contributed by atoms with Gasteiger partial charge in [0.15, 0.2) is 0 Å². The summed E-state index contributed by atoms with van der Waals surface area (Å²) in [5.74, 6) is -2.71. The second-order valence-corrected chi connectivity index (χ2v) is 10.0. The largest absolute Gasteiger partial charge is 0.496 e. The fourth-order valence-corrected chi connectivity index (χ4v) is 4.79. The Morgan fingerprint density at radius 1 is 1.07 bits per heavy atom. The Labute approximate surface area is 256 Å². The zero-order valence-corrected chi connectivity index (χ0v) is 23.9. The number of hydrogen-bond acceptors (Lipinski definition) is 7. The molecule has 0 saturated heterocycles. The van der Waals surface area contributed by atoms with Gasteiger partial charge in [0.25, 0.3) is 11.8 Å². The SMILES string of the molecule is COc1cc(Cl)cc(Cl)c1C1=NC(NC(=O)c2cc(F)cnc2OCc2ccc(C(F)(F)F)nc2)C(=O)Nc2ccccc21. The molecule has 44 heavy (non-hydrogen) atoms. The highest BCUT2D eigenvalue weighted by atomic mass is 35.5. The van der Waals surface area contributed by atoms with E-state index in [0.29, 0.717) is 16.8 Å². The van der Waals surface area contributed by atoms with Gasteiger partial charge < -0.3 is 20.1 Å². The van der Waals surface area contributed by atoms with Crippen molar-refractivity contribution >= 4 is 46.4 Å². The second-order valence-electron chi connectivity index (χ2n) is 9.20. The number of anilines is 1. The highest BCUT2D eigenvalue weighted by Gasteiger charge is 2.33. The minimum absolute atomic E-state index is 0.158. The molecular weight excluding hydrogens is 629 g/mol. The number of methoxy groups -OCH3 is 1. The zero-order chi connectivity index (χ0) is 31.6. The maximum Gasteiger partial charge on any atom is 0.433 e. The number of fused-ring (bicyclic) bond motifs is 1. The third-order valence-electron chi connectivity index (χ3n) is 6.24. The molecule has 1 atom stereocenters. The first-order valence-electron chi connectivity index (χ1n) is 12.6. The van der Waals surface area contributed by atoms with Crippen LogP contribution in [0.3, 0.4) is 0 Å². The van der Waals surface area contributed by atoms with E-state index >= 15 is 0 Å². The molecule has 2 N–H and O–H groups in total.